The first kappa shape index (κ1) is 13.5. The minimum atomic E-state index is -0.880. The Morgan fingerprint density at radius 2 is 2.14 bits per heavy atom. The van der Waals surface area contributed by atoms with Gasteiger partial charge in [-0.25, -0.2) is 0 Å². The molecule has 0 bridgehead atoms. The van der Waals surface area contributed by atoms with Gasteiger partial charge in [0.05, 0.1) is 11.9 Å². The summed E-state index contributed by atoms with van der Waals surface area (Å²) in [5, 5.41) is 12.7. The number of pyridine rings is 1. The average molecular weight is 284 g/mol. The predicted octanol–water partition coefficient (Wildman–Crippen LogP) is 2.22. The molecule has 2 N–H and O–H groups in total. The van der Waals surface area contributed by atoms with Gasteiger partial charge in [0.2, 0.25) is 0 Å². The average Bonchev–Trinajstić information content (AvgIpc) is 3.30. The zero-order valence-corrected chi connectivity index (χ0v) is 11.5. The van der Waals surface area contributed by atoms with Crippen LogP contribution in [0.25, 0.3) is 10.9 Å². The van der Waals surface area contributed by atoms with E-state index in [1.54, 1.807) is 24.4 Å². The van der Waals surface area contributed by atoms with Crippen LogP contribution in [-0.2, 0) is 4.79 Å². The molecule has 1 fully saturated rings. The van der Waals surface area contributed by atoms with Gasteiger partial charge in [0.1, 0.15) is 0 Å². The molecule has 0 unspecified atom stereocenters. The molecule has 0 radical (unpaired) electrons. The fourth-order valence-electron chi connectivity index (χ4n) is 2.49. The zero-order chi connectivity index (χ0) is 14.8. The van der Waals surface area contributed by atoms with Crippen molar-refractivity contribution < 1.29 is 14.7 Å². The molecule has 108 valence electrons. The number of hydrogen-bond donors (Lipinski definition) is 2. The number of carboxylic acids is 1. The largest absolute Gasteiger partial charge is 0.481 e. The third-order valence-electron chi connectivity index (χ3n) is 3.77. The lowest BCUT2D eigenvalue weighted by molar-refractivity contribution is -0.137. The van der Waals surface area contributed by atoms with Gasteiger partial charge in [-0.05, 0) is 43.0 Å². The van der Waals surface area contributed by atoms with Crippen molar-refractivity contribution in [2.45, 2.75) is 25.3 Å². The molecule has 5 heteroatoms. The highest BCUT2D eigenvalue weighted by Crippen LogP contribution is 2.34. The first-order valence-electron chi connectivity index (χ1n) is 7.01. The number of aliphatic carboxylic acids is 1. The normalized spacial score (nSPS) is 15.6. The van der Waals surface area contributed by atoms with Crippen molar-refractivity contribution >= 4 is 22.8 Å². The van der Waals surface area contributed by atoms with E-state index < -0.39 is 5.97 Å². The van der Waals surface area contributed by atoms with E-state index in [2.05, 4.69) is 10.3 Å². The summed E-state index contributed by atoms with van der Waals surface area (Å²) in [5.74, 6) is -0.805. The SMILES string of the molecule is O=C(O)C[C@H](NC(=O)c1ccc2ncccc2c1)C1CC1. The maximum atomic E-state index is 12.3. The van der Waals surface area contributed by atoms with Crippen molar-refractivity contribution in [3.8, 4) is 0 Å². The van der Waals surface area contributed by atoms with Gasteiger partial charge in [-0.2, -0.15) is 0 Å². The lowest BCUT2D eigenvalue weighted by atomic mass is 10.1. The monoisotopic (exact) mass is 284 g/mol. The number of nitrogens with one attached hydrogen (secondary N) is 1. The van der Waals surface area contributed by atoms with E-state index in [1.807, 2.05) is 12.1 Å². The summed E-state index contributed by atoms with van der Waals surface area (Å²) in [6.45, 7) is 0. The van der Waals surface area contributed by atoms with Gasteiger partial charge >= 0.3 is 5.97 Å². The van der Waals surface area contributed by atoms with Crippen molar-refractivity contribution in [3.63, 3.8) is 0 Å². The van der Waals surface area contributed by atoms with Crippen molar-refractivity contribution in [1.29, 1.82) is 0 Å². The summed E-state index contributed by atoms with van der Waals surface area (Å²) in [6, 6.07) is 8.74. The molecule has 1 aliphatic rings. The minimum Gasteiger partial charge on any atom is -0.481 e. The Hall–Kier alpha value is -2.43. The second-order valence-electron chi connectivity index (χ2n) is 5.43. The first-order valence-corrected chi connectivity index (χ1v) is 7.01. The van der Waals surface area contributed by atoms with Gasteiger partial charge in [0, 0.05) is 23.2 Å². The quantitative estimate of drug-likeness (QED) is 0.882. The van der Waals surface area contributed by atoms with Crippen molar-refractivity contribution in [1.82, 2.24) is 10.3 Å². The van der Waals surface area contributed by atoms with Crippen LogP contribution in [0.1, 0.15) is 29.6 Å². The highest BCUT2D eigenvalue weighted by atomic mass is 16.4. The van der Waals surface area contributed by atoms with Crippen LogP contribution in [0.2, 0.25) is 0 Å². The van der Waals surface area contributed by atoms with Crippen molar-refractivity contribution in [2.24, 2.45) is 5.92 Å². The minimum absolute atomic E-state index is 0.0223. The van der Waals surface area contributed by atoms with Crippen LogP contribution in [0.15, 0.2) is 36.5 Å². The summed E-state index contributed by atoms with van der Waals surface area (Å²) in [7, 11) is 0. The maximum absolute atomic E-state index is 12.3. The lowest BCUT2D eigenvalue weighted by Crippen LogP contribution is -2.38. The topological polar surface area (TPSA) is 79.3 Å². The number of benzene rings is 1. The number of nitrogens with zero attached hydrogens (tertiary/aromatic N) is 1. The standard InChI is InChI=1S/C16H16N2O3/c19-15(20)9-14(10-3-4-10)18-16(21)12-5-6-13-11(8-12)2-1-7-17-13/h1-2,5-8,10,14H,3-4,9H2,(H,18,21)(H,19,20)/t14-/m0/s1. The van der Waals surface area contributed by atoms with Crippen LogP contribution < -0.4 is 5.32 Å². The van der Waals surface area contributed by atoms with Crippen LogP contribution in [0.3, 0.4) is 0 Å². The van der Waals surface area contributed by atoms with Gasteiger partial charge in [0.15, 0.2) is 0 Å². The van der Waals surface area contributed by atoms with Gasteiger partial charge in [-0.1, -0.05) is 6.07 Å². The molecular weight excluding hydrogens is 268 g/mol. The molecule has 1 saturated carbocycles. The number of aromatic nitrogens is 1. The number of carbonyl (C=O) groups excluding carboxylic acids is 1. The first-order chi connectivity index (χ1) is 10.1. The van der Waals surface area contributed by atoms with Gasteiger partial charge in [-0.3, -0.25) is 14.6 Å². The van der Waals surface area contributed by atoms with Crippen molar-refractivity contribution in [3.05, 3.63) is 42.1 Å². The smallest absolute Gasteiger partial charge is 0.305 e. The molecule has 0 spiro atoms. The van der Waals surface area contributed by atoms with E-state index in [0.717, 1.165) is 23.7 Å². The Balaban J connectivity index is 1.77. The van der Waals surface area contributed by atoms with Gasteiger partial charge < -0.3 is 10.4 Å². The zero-order valence-electron chi connectivity index (χ0n) is 11.5. The summed E-state index contributed by atoms with van der Waals surface area (Å²) in [6.07, 6.45) is 3.66. The molecule has 1 aromatic carbocycles. The second-order valence-corrected chi connectivity index (χ2v) is 5.43. The molecule has 1 aromatic heterocycles. The number of fused-ring (bicyclic) bond motifs is 1. The van der Waals surface area contributed by atoms with Gasteiger partial charge in [-0.15, -0.1) is 0 Å². The highest BCUT2D eigenvalue weighted by molar-refractivity contribution is 5.98. The van der Waals surface area contributed by atoms with E-state index in [4.69, 9.17) is 5.11 Å². The van der Waals surface area contributed by atoms with Crippen LogP contribution in [0.5, 0.6) is 0 Å². The van der Waals surface area contributed by atoms with Gasteiger partial charge in [0.25, 0.3) is 5.91 Å². The molecule has 0 saturated heterocycles. The number of rotatable bonds is 5. The third-order valence-corrected chi connectivity index (χ3v) is 3.77. The molecule has 2 aromatic rings. The molecule has 0 aliphatic heterocycles. The van der Waals surface area contributed by atoms with Crippen LogP contribution in [-0.4, -0.2) is 28.0 Å². The molecule has 1 aliphatic carbocycles. The molecule has 3 rings (SSSR count). The Morgan fingerprint density at radius 1 is 1.33 bits per heavy atom. The summed E-state index contributed by atoms with van der Waals surface area (Å²) in [4.78, 5) is 27.4. The number of hydrogen-bond acceptors (Lipinski definition) is 3. The lowest BCUT2D eigenvalue weighted by Gasteiger charge is -2.16. The van der Waals surface area contributed by atoms with Crippen LogP contribution in [0, 0.1) is 5.92 Å². The Morgan fingerprint density at radius 3 is 2.86 bits per heavy atom. The molecule has 1 amide bonds. The third kappa shape index (κ3) is 3.18. The molecular formula is C16H16N2O3. The molecule has 5 nitrogen and oxygen atoms in total. The summed E-state index contributed by atoms with van der Waals surface area (Å²) >= 11 is 0. The van der Waals surface area contributed by atoms with E-state index in [-0.39, 0.29) is 18.4 Å². The van der Waals surface area contributed by atoms with E-state index in [9.17, 15) is 9.59 Å². The fraction of sp³-hybridized carbons (Fsp3) is 0.312. The van der Waals surface area contributed by atoms with E-state index >= 15 is 0 Å². The maximum Gasteiger partial charge on any atom is 0.305 e. The predicted molar refractivity (Wildman–Crippen MR) is 78.0 cm³/mol. The molecule has 1 atom stereocenters. The number of carbonyl (C=O) groups is 2. The van der Waals surface area contributed by atoms with E-state index in [0.29, 0.717) is 11.5 Å². The molecule has 1 heterocycles. The summed E-state index contributed by atoms with van der Waals surface area (Å²) < 4.78 is 0. The summed E-state index contributed by atoms with van der Waals surface area (Å²) in [5.41, 5.74) is 1.37. The van der Waals surface area contributed by atoms with Crippen molar-refractivity contribution in [2.75, 3.05) is 0 Å². The number of amides is 1. The van der Waals surface area contributed by atoms with Crippen LogP contribution >= 0.6 is 0 Å². The Labute approximate surface area is 122 Å². The number of carboxylic acid groups (broad SMARTS) is 1. The molecule has 21 heavy (non-hydrogen) atoms. The highest BCUT2D eigenvalue weighted by Gasteiger charge is 2.33. The van der Waals surface area contributed by atoms with Crippen LogP contribution in [0.4, 0.5) is 0 Å². The fourth-order valence-corrected chi connectivity index (χ4v) is 2.49. The Bertz CT molecular complexity index is 695. The van der Waals surface area contributed by atoms with E-state index in [1.165, 1.54) is 0 Å². The Kier molecular flexibility index (Phi) is 3.56. The second kappa shape index (κ2) is 5.52.